The zero-order valence-electron chi connectivity index (χ0n) is 10.0. The van der Waals surface area contributed by atoms with E-state index in [1.54, 1.807) is 13.0 Å². The molecule has 16 heavy (non-hydrogen) atoms. The maximum Gasteiger partial charge on any atom is 0.123 e. The summed E-state index contributed by atoms with van der Waals surface area (Å²) in [5.41, 5.74) is -0.888. The van der Waals surface area contributed by atoms with Gasteiger partial charge in [-0.2, -0.15) is 0 Å². The minimum absolute atomic E-state index is 0.645. The Morgan fingerprint density at radius 2 is 2.19 bits per heavy atom. The van der Waals surface area contributed by atoms with Crippen LogP contribution < -0.4 is 0 Å². The Hall–Kier alpha value is -0.820. The summed E-state index contributed by atoms with van der Waals surface area (Å²) in [5, 5.41) is 9.91. The first-order valence-electron chi connectivity index (χ1n) is 5.77. The largest absolute Gasteiger partial charge is 0.379 e. The molecule has 0 spiro atoms. The van der Waals surface area contributed by atoms with Gasteiger partial charge in [0.2, 0.25) is 0 Å². The van der Waals surface area contributed by atoms with Gasteiger partial charge in [-0.05, 0) is 19.8 Å². The van der Waals surface area contributed by atoms with Crippen molar-refractivity contribution in [1.29, 1.82) is 0 Å². The van der Waals surface area contributed by atoms with Crippen LogP contribution in [0.15, 0.2) is 12.7 Å². The SMILES string of the molecule is C=CCCC(C)(O)C#CCN1CCOCC1. The van der Waals surface area contributed by atoms with Crippen LogP contribution in [0.3, 0.4) is 0 Å². The van der Waals surface area contributed by atoms with Crippen LogP contribution in [0.5, 0.6) is 0 Å². The molecule has 1 heterocycles. The lowest BCUT2D eigenvalue weighted by Gasteiger charge is -2.24. The number of allylic oxidation sites excluding steroid dienone is 1. The van der Waals surface area contributed by atoms with Gasteiger partial charge >= 0.3 is 0 Å². The highest BCUT2D eigenvalue weighted by Gasteiger charge is 2.15. The molecule has 1 unspecified atom stereocenters. The Bertz CT molecular complexity index is 269. The van der Waals surface area contributed by atoms with Crippen LogP contribution in [-0.2, 0) is 4.74 Å². The maximum atomic E-state index is 9.91. The molecule has 3 nitrogen and oxygen atoms in total. The fourth-order valence-electron chi connectivity index (χ4n) is 1.55. The van der Waals surface area contributed by atoms with Crippen molar-refractivity contribution < 1.29 is 9.84 Å². The minimum atomic E-state index is -0.888. The van der Waals surface area contributed by atoms with E-state index in [0.29, 0.717) is 13.0 Å². The molecule has 3 heteroatoms. The molecule has 90 valence electrons. The molecule has 1 saturated heterocycles. The third kappa shape index (κ3) is 5.32. The standard InChI is InChI=1S/C13H21NO2/c1-3-4-6-13(2,15)7-5-8-14-9-11-16-12-10-14/h3,15H,1,4,6,8-12H2,2H3. The quantitative estimate of drug-likeness (QED) is 0.571. The van der Waals surface area contributed by atoms with Crippen molar-refractivity contribution in [2.45, 2.75) is 25.4 Å². The molecule has 1 aliphatic rings. The first kappa shape index (κ1) is 13.2. The van der Waals surface area contributed by atoms with Crippen LogP contribution in [0.2, 0.25) is 0 Å². The van der Waals surface area contributed by atoms with Crippen molar-refractivity contribution >= 4 is 0 Å². The number of hydrogen-bond acceptors (Lipinski definition) is 3. The maximum absolute atomic E-state index is 9.91. The van der Waals surface area contributed by atoms with Gasteiger partial charge in [-0.15, -0.1) is 6.58 Å². The first-order chi connectivity index (χ1) is 7.64. The van der Waals surface area contributed by atoms with Gasteiger partial charge in [-0.1, -0.05) is 17.9 Å². The van der Waals surface area contributed by atoms with E-state index in [2.05, 4.69) is 23.3 Å². The van der Waals surface area contributed by atoms with E-state index >= 15 is 0 Å². The highest BCUT2D eigenvalue weighted by Crippen LogP contribution is 2.10. The molecule has 1 atom stereocenters. The number of morpholine rings is 1. The van der Waals surface area contributed by atoms with Gasteiger partial charge in [-0.25, -0.2) is 0 Å². The highest BCUT2D eigenvalue weighted by atomic mass is 16.5. The number of aliphatic hydroxyl groups is 1. The Kier molecular flexibility index (Phi) is 5.54. The molecule has 0 aliphatic carbocycles. The molecular weight excluding hydrogens is 202 g/mol. The monoisotopic (exact) mass is 223 g/mol. The fourth-order valence-corrected chi connectivity index (χ4v) is 1.55. The van der Waals surface area contributed by atoms with Gasteiger partial charge in [0.05, 0.1) is 19.8 Å². The number of hydrogen-bond donors (Lipinski definition) is 1. The van der Waals surface area contributed by atoms with Gasteiger partial charge in [0.25, 0.3) is 0 Å². The van der Waals surface area contributed by atoms with Crippen LogP contribution in [0.25, 0.3) is 0 Å². The molecule has 1 rings (SSSR count). The lowest BCUT2D eigenvalue weighted by Crippen LogP contribution is -2.36. The van der Waals surface area contributed by atoms with Gasteiger partial charge in [-0.3, -0.25) is 4.90 Å². The topological polar surface area (TPSA) is 32.7 Å². The molecule has 0 bridgehead atoms. The summed E-state index contributed by atoms with van der Waals surface area (Å²) in [5.74, 6) is 5.96. The molecule has 0 radical (unpaired) electrons. The third-order valence-corrected chi connectivity index (χ3v) is 2.60. The van der Waals surface area contributed by atoms with E-state index in [0.717, 1.165) is 32.7 Å². The molecule has 0 amide bonds. The van der Waals surface area contributed by atoms with Gasteiger partial charge < -0.3 is 9.84 Å². The van der Waals surface area contributed by atoms with Crippen LogP contribution in [0.4, 0.5) is 0 Å². The average Bonchev–Trinajstić information content (AvgIpc) is 2.28. The zero-order chi connectivity index (χ0) is 11.9. The summed E-state index contributed by atoms with van der Waals surface area (Å²) in [6, 6.07) is 0. The van der Waals surface area contributed by atoms with E-state index < -0.39 is 5.60 Å². The van der Waals surface area contributed by atoms with E-state index in [4.69, 9.17) is 4.74 Å². The summed E-state index contributed by atoms with van der Waals surface area (Å²) >= 11 is 0. The number of nitrogens with zero attached hydrogens (tertiary/aromatic N) is 1. The second-order valence-electron chi connectivity index (χ2n) is 4.29. The summed E-state index contributed by atoms with van der Waals surface area (Å²) < 4.78 is 5.25. The molecule has 0 aromatic heterocycles. The Balaban J connectivity index is 2.31. The van der Waals surface area contributed by atoms with Crippen molar-refractivity contribution in [2.24, 2.45) is 0 Å². The minimum Gasteiger partial charge on any atom is -0.379 e. The Morgan fingerprint density at radius 1 is 1.50 bits per heavy atom. The van der Waals surface area contributed by atoms with Gasteiger partial charge in [0.1, 0.15) is 5.60 Å². The normalized spacial score (nSPS) is 20.6. The Morgan fingerprint density at radius 3 is 2.81 bits per heavy atom. The lowest BCUT2D eigenvalue weighted by atomic mass is 10.0. The highest BCUT2D eigenvalue weighted by molar-refractivity contribution is 5.13. The summed E-state index contributed by atoms with van der Waals surface area (Å²) in [4.78, 5) is 2.24. The fraction of sp³-hybridized carbons (Fsp3) is 0.692. The number of ether oxygens (including phenoxy) is 1. The van der Waals surface area contributed by atoms with Gasteiger partial charge in [0.15, 0.2) is 0 Å². The molecule has 0 aromatic carbocycles. The summed E-state index contributed by atoms with van der Waals surface area (Å²) in [7, 11) is 0. The van der Waals surface area contributed by atoms with E-state index in [1.165, 1.54) is 0 Å². The van der Waals surface area contributed by atoms with Crippen molar-refractivity contribution in [3.63, 3.8) is 0 Å². The molecule has 0 saturated carbocycles. The van der Waals surface area contributed by atoms with Crippen molar-refractivity contribution in [2.75, 3.05) is 32.8 Å². The smallest absolute Gasteiger partial charge is 0.123 e. The molecule has 1 N–H and O–H groups in total. The van der Waals surface area contributed by atoms with Crippen molar-refractivity contribution in [3.05, 3.63) is 12.7 Å². The van der Waals surface area contributed by atoms with Gasteiger partial charge in [0, 0.05) is 13.1 Å². The van der Waals surface area contributed by atoms with Crippen LogP contribution in [0.1, 0.15) is 19.8 Å². The molecule has 1 aliphatic heterocycles. The third-order valence-electron chi connectivity index (χ3n) is 2.60. The zero-order valence-corrected chi connectivity index (χ0v) is 10.0. The van der Waals surface area contributed by atoms with Crippen LogP contribution in [0, 0.1) is 11.8 Å². The van der Waals surface area contributed by atoms with E-state index in [-0.39, 0.29) is 0 Å². The Labute approximate surface area is 98.1 Å². The van der Waals surface area contributed by atoms with Crippen molar-refractivity contribution in [3.8, 4) is 11.8 Å². The van der Waals surface area contributed by atoms with Crippen LogP contribution >= 0.6 is 0 Å². The second-order valence-corrected chi connectivity index (χ2v) is 4.29. The predicted molar refractivity (Wildman–Crippen MR) is 65.1 cm³/mol. The summed E-state index contributed by atoms with van der Waals surface area (Å²) in [6.07, 6.45) is 3.24. The van der Waals surface area contributed by atoms with Crippen molar-refractivity contribution in [1.82, 2.24) is 4.90 Å². The summed E-state index contributed by atoms with van der Waals surface area (Å²) in [6.45, 7) is 9.55. The van der Waals surface area contributed by atoms with E-state index in [1.807, 2.05) is 0 Å². The molecule has 0 aromatic rings. The first-order valence-corrected chi connectivity index (χ1v) is 5.77. The number of rotatable bonds is 4. The predicted octanol–water partition coefficient (Wildman–Crippen LogP) is 1.04. The molecular formula is C13H21NO2. The molecule has 1 fully saturated rings. The van der Waals surface area contributed by atoms with Crippen LogP contribution in [-0.4, -0.2) is 48.5 Å². The van der Waals surface area contributed by atoms with E-state index in [9.17, 15) is 5.11 Å². The average molecular weight is 223 g/mol. The second kappa shape index (κ2) is 6.70. The lowest BCUT2D eigenvalue weighted by molar-refractivity contribution is 0.0442.